The maximum absolute atomic E-state index is 12.7. The summed E-state index contributed by atoms with van der Waals surface area (Å²) in [6.45, 7) is 4.05. The van der Waals surface area contributed by atoms with Crippen molar-refractivity contribution in [1.82, 2.24) is 14.9 Å². The fourth-order valence-electron chi connectivity index (χ4n) is 3.29. The Kier molecular flexibility index (Phi) is 6.16. The first-order valence-corrected chi connectivity index (χ1v) is 9.40. The number of aromatic nitrogens is 2. The maximum Gasteiger partial charge on any atom is 0.261 e. The van der Waals surface area contributed by atoms with E-state index in [1.165, 1.54) is 10.9 Å². The normalized spacial score (nSPS) is 11.9. The molecule has 3 aromatic rings. The van der Waals surface area contributed by atoms with E-state index in [1.807, 2.05) is 32.0 Å². The standard InChI is InChI=1S/C22H25N3O4/c1-14-6-5-7-17-21(14)23-13-25(22(17)27)11-10-20(26)24-15(2)18-12-16(28-3)8-9-19(18)29-4/h5-9,12-13,15H,10-11H2,1-4H3,(H,24,26)/t15-/m1/s1. The van der Waals surface area contributed by atoms with Gasteiger partial charge in [-0.1, -0.05) is 12.1 Å². The van der Waals surface area contributed by atoms with Crippen LogP contribution in [-0.2, 0) is 11.3 Å². The van der Waals surface area contributed by atoms with E-state index in [0.29, 0.717) is 22.4 Å². The van der Waals surface area contributed by atoms with Crippen molar-refractivity contribution in [1.29, 1.82) is 0 Å². The number of nitrogens with zero attached hydrogens (tertiary/aromatic N) is 2. The van der Waals surface area contributed by atoms with Crippen LogP contribution in [0.3, 0.4) is 0 Å². The van der Waals surface area contributed by atoms with Crippen LogP contribution in [0.4, 0.5) is 0 Å². The third-order valence-electron chi connectivity index (χ3n) is 4.92. The second-order valence-electron chi connectivity index (χ2n) is 6.86. The number of methoxy groups -OCH3 is 2. The van der Waals surface area contributed by atoms with Crippen LogP contribution in [0, 0.1) is 6.92 Å². The molecule has 3 rings (SSSR count). The number of amides is 1. The molecule has 0 unspecified atom stereocenters. The highest BCUT2D eigenvalue weighted by Crippen LogP contribution is 2.29. The molecule has 0 saturated heterocycles. The zero-order valence-electron chi connectivity index (χ0n) is 17.1. The lowest BCUT2D eigenvalue weighted by Gasteiger charge is -2.18. The molecule has 0 aliphatic carbocycles. The molecular formula is C22H25N3O4. The summed E-state index contributed by atoms with van der Waals surface area (Å²) in [7, 11) is 3.17. The zero-order chi connectivity index (χ0) is 21.0. The SMILES string of the molecule is COc1ccc(OC)c([C@@H](C)NC(=O)CCn2cnc3c(C)cccc3c2=O)c1. The van der Waals surface area contributed by atoms with Gasteiger partial charge in [0.25, 0.3) is 5.56 Å². The third kappa shape index (κ3) is 4.39. The van der Waals surface area contributed by atoms with E-state index in [-0.39, 0.29) is 30.5 Å². The summed E-state index contributed by atoms with van der Waals surface area (Å²) < 4.78 is 12.1. The predicted molar refractivity (Wildman–Crippen MR) is 111 cm³/mol. The Bertz CT molecular complexity index is 1090. The van der Waals surface area contributed by atoms with Crippen molar-refractivity contribution < 1.29 is 14.3 Å². The minimum absolute atomic E-state index is 0.144. The summed E-state index contributed by atoms with van der Waals surface area (Å²) >= 11 is 0. The molecule has 1 atom stereocenters. The van der Waals surface area contributed by atoms with Gasteiger partial charge in [0, 0.05) is 18.5 Å². The molecule has 152 valence electrons. The molecule has 0 fully saturated rings. The Labute approximate surface area is 169 Å². The summed E-state index contributed by atoms with van der Waals surface area (Å²) in [5.41, 5.74) is 2.32. The van der Waals surface area contributed by atoms with Crippen LogP contribution >= 0.6 is 0 Å². The minimum Gasteiger partial charge on any atom is -0.497 e. The van der Waals surface area contributed by atoms with E-state index >= 15 is 0 Å². The Morgan fingerprint density at radius 1 is 1.21 bits per heavy atom. The van der Waals surface area contributed by atoms with Gasteiger partial charge in [0.1, 0.15) is 11.5 Å². The van der Waals surface area contributed by atoms with Crippen LogP contribution in [-0.4, -0.2) is 29.7 Å². The maximum atomic E-state index is 12.7. The number of carbonyl (C=O) groups excluding carboxylic acids is 1. The minimum atomic E-state index is -0.276. The molecule has 0 saturated carbocycles. The summed E-state index contributed by atoms with van der Waals surface area (Å²) in [5.74, 6) is 1.19. The molecule has 1 N–H and O–H groups in total. The van der Waals surface area contributed by atoms with E-state index in [9.17, 15) is 9.59 Å². The Balaban J connectivity index is 1.70. The summed E-state index contributed by atoms with van der Waals surface area (Å²) in [6.07, 6.45) is 1.66. The highest BCUT2D eigenvalue weighted by molar-refractivity contribution is 5.80. The van der Waals surface area contributed by atoms with Gasteiger partial charge in [-0.05, 0) is 43.7 Å². The van der Waals surface area contributed by atoms with Crippen molar-refractivity contribution in [3.05, 3.63) is 64.2 Å². The largest absolute Gasteiger partial charge is 0.497 e. The topological polar surface area (TPSA) is 82.4 Å². The number of benzene rings is 2. The molecule has 1 amide bonds. The molecule has 0 aliphatic heterocycles. The van der Waals surface area contributed by atoms with E-state index in [0.717, 1.165) is 11.1 Å². The molecule has 1 heterocycles. The fraction of sp³-hybridized carbons (Fsp3) is 0.318. The Hall–Kier alpha value is -3.35. The molecule has 7 nitrogen and oxygen atoms in total. The van der Waals surface area contributed by atoms with Gasteiger partial charge >= 0.3 is 0 Å². The van der Waals surface area contributed by atoms with E-state index in [2.05, 4.69) is 10.3 Å². The van der Waals surface area contributed by atoms with Gasteiger partial charge in [0.05, 0.1) is 37.5 Å². The number of hydrogen-bond donors (Lipinski definition) is 1. The summed E-state index contributed by atoms with van der Waals surface area (Å²) in [4.78, 5) is 29.5. The monoisotopic (exact) mass is 395 g/mol. The smallest absolute Gasteiger partial charge is 0.261 e. The molecule has 2 aromatic carbocycles. The van der Waals surface area contributed by atoms with Gasteiger partial charge in [-0.25, -0.2) is 4.98 Å². The summed E-state index contributed by atoms with van der Waals surface area (Å²) in [6, 6.07) is 10.7. The highest BCUT2D eigenvalue weighted by atomic mass is 16.5. The molecule has 0 spiro atoms. The first-order chi connectivity index (χ1) is 13.9. The fourth-order valence-corrected chi connectivity index (χ4v) is 3.29. The van der Waals surface area contributed by atoms with Gasteiger partial charge in [0.2, 0.25) is 5.91 Å². The number of ether oxygens (including phenoxy) is 2. The average Bonchev–Trinajstić information content (AvgIpc) is 2.73. The number of aryl methyl sites for hydroxylation is 2. The Morgan fingerprint density at radius 3 is 2.72 bits per heavy atom. The van der Waals surface area contributed by atoms with Gasteiger partial charge in [-0.15, -0.1) is 0 Å². The highest BCUT2D eigenvalue weighted by Gasteiger charge is 2.16. The van der Waals surface area contributed by atoms with E-state index in [4.69, 9.17) is 9.47 Å². The Morgan fingerprint density at radius 2 is 2.00 bits per heavy atom. The number of nitrogens with one attached hydrogen (secondary N) is 1. The number of hydrogen-bond acceptors (Lipinski definition) is 5. The quantitative estimate of drug-likeness (QED) is 0.665. The van der Waals surface area contributed by atoms with Crippen molar-refractivity contribution in [2.75, 3.05) is 14.2 Å². The van der Waals surface area contributed by atoms with Crippen LogP contribution in [0.1, 0.15) is 30.5 Å². The van der Waals surface area contributed by atoms with Gasteiger partial charge in [0.15, 0.2) is 0 Å². The number of carbonyl (C=O) groups is 1. The van der Waals surface area contributed by atoms with Gasteiger partial charge < -0.3 is 14.8 Å². The van der Waals surface area contributed by atoms with Crippen molar-refractivity contribution in [2.24, 2.45) is 0 Å². The summed E-state index contributed by atoms with van der Waals surface area (Å²) in [5, 5.41) is 3.51. The van der Waals surface area contributed by atoms with Crippen LogP contribution in [0.15, 0.2) is 47.5 Å². The van der Waals surface area contributed by atoms with Crippen LogP contribution in [0.25, 0.3) is 10.9 Å². The second kappa shape index (κ2) is 8.77. The first kappa shape index (κ1) is 20.4. The molecule has 29 heavy (non-hydrogen) atoms. The molecule has 7 heteroatoms. The third-order valence-corrected chi connectivity index (χ3v) is 4.92. The van der Waals surface area contributed by atoms with E-state index in [1.54, 1.807) is 32.4 Å². The van der Waals surface area contributed by atoms with Gasteiger partial charge in [-0.3, -0.25) is 14.2 Å². The predicted octanol–water partition coefficient (Wildman–Crippen LogP) is 2.99. The number of fused-ring (bicyclic) bond motifs is 1. The lowest BCUT2D eigenvalue weighted by Crippen LogP contribution is -2.29. The van der Waals surface area contributed by atoms with E-state index < -0.39 is 0 Å². The average molecular weight is 395 g/mol. The van der Waals surface area contributed by atoms with Crippen molar-refractivity contribution in [3.8, 4) is 11.5 Å². The van der Waals surface area contributed by atoms with Crippen LogP contribution in [0.2, 0.25) is 0 Å². The van der Waals surface area contributed by atoms with Crippen molar-refractivity contribution >= 4 is 16.8 Å². The number of rotatable bonds is 7. The lowest BCUT2D eigenvalue weighted by molar-refractivity contribution is -0.122. The molecule has 0 bridgehead atoms. The van der Waals surface area contributed by atoms with Gasteiger partial charge in [-0.2, -0.15) is 0 Å². The second-order valence-corrected chi connectivity index (χ2v) is 6.86. The lowest BCUT2D eigenvalue weighted by atomic mass is 10.1. The molecule has 0 radical (unpaired) electrons. The number of para-hydroxylation sites is 1. The first-order valence-electron chi connectivity index (χ1n) is 9.40. The molecule has 0 aliphatic rings. The molecular weight excluding hydrogens is 370 g/mol. The zero-order valence-corrected chi connectivity index (χ0v) is 17.1. The van der Waals surface area contributed by atoms with Crippen molar-refractivity contribution in [3.63, 3.8) is 0 Å². The van der Waals surface area contributed by atoms with Crippen LogP contribution < -0.4 is 20.3 Å². The van der Waals surface area contributed by atoms with Crippen LogP contribution in [0.5, 0.6) is 11.5 Å². The van der Waals surface area contributed by atoms with Crippen molar-refractivity contribution in [2.45, 2.75) is 32.9 Å². The molecule has 1 aromatic heterocycles.